The highest BCUT2D eigenvalue weighted by Gasteiger charge is 2.13. The number of benzene rings is 3. The molecular weight excluding hydrogens is 531 g/mol. The molecule has 0 fully saturated rings. The number of para-hydroxylation sites is 1. The molecule has 0 aliphatic carbocycles. The molecule has 0 saturated heterocycles. The van der Waals surface area contributed by atoms with Crippen LogP contribution >= 0.6 is 22.6 Å². The molecular formula is C25H23IN4O3. The minimum atomic E-state index is -0.434. The van der Waals surface area contributed by atoms with Gasteiger partial charge in [0.05, 0.1) is 28.0 Å². The number of hydrazone groups is 1. The fraction of sp³-hybridized carbons (Fsp3) is 0.160. The van der Waals surface area contributed by atoms with Crippen molar-refractivity contribution in [2.24, 2.45) is 5.10 Å². The largest absolute Gasteiger partial charge is 0.490 e. The summed E-state index contributed by atoms with van der Waals surface area (Å²) in [7, 11) is 0. The van der Waals surface area contributed by atoms with Crippen LogP contribution in [-0.4, -0.2) is 18.9 Å². The van der Waals surface area contributed by atoms with Crippen LogP contribution in [0, 0.1) is 21.8 Å². The maximum atomic E-state index is 12.1. The Hall–Kier alpha value is -3.58. The highest BCUT2D eigenvalue weighted by Crippen LogP contribution is 2.34. The molecule has 33 heavy (non-hydrogen) atoms. The predicted octanol–water partition coefficient (Wildman–Crippen LogP) is 5.60. The zero-order valence-corrected chi connectivity index (χ0v) is 20.4. The standard InChI is InChI=1S/C25H23IN4O3/c1-3-32-23-13-18(15-28-30-25(31)29-22-11-7-4-8-17(22)2)12-21(26)24(23)33-16-20-10-6-5-9-19(20)14-27/h4-13,15H,3,16H2,1-2H3,(H2,29,30,31). The van der Waals surface area contributed by atoms with Gasteiger partial charge in [0.25, 0.3) is 0 Å². The molecule has 2 amide bonds. The van der Waals surface area contributed by atoms with E-state index >= 15 is 0 Å². The number of urea groups is 1. The molecule has 3 aromatic carbocycles. The highest BCUT2D eigenvalue weighted by molar-refractivity contribution is 14.1. The van der Waals surface area contributed by atoms with Crippen molar-refractivity contribution in [2.75, 3.05) is 11.9 Å². The quantitative estimate of drug-likeness (QED) is 0.215. The summed E-state index contributed by atoms with van der Waals surface area (Å²) < 4.78 is 12.6. The van der Waals surface area contributed by atoms with Crippen LogP contribution in [0.15, 0.2) is 65.8 Å². The van der Waals surface area contributed by atoms with E-state index in [1.807, 2.05) is 62.4 Å². The van der Waals surface area contributed by atoms with Gasteiger partial charge in [-0.2, -0.15) is 10.4 Å². The summed E-state index contributed by atoms with van der Waals surface area (Å²) in [5.41, 5.74) is 6.26. The smallest absolute Gasteiger partial charge is 0.339 e. The van der Waals surface area contributed by atoms with Crippen LogP contribution < -0.4 is 20.2 Å². The first kappa shape index (κ1) is 24.1. The molecule has 0 radical (unpaired) electrons. The second kappa shape index (κ2) is 11.9. The summed E-state index contributed by atoms with van der Waals surface area (Å²) in [5, 5.41) is 16.1. The van der Waals surface area contributed by atoms with Crippen molar-refractivity contribution in [2.45, 2.75) is 20.5 Å². The molecule has 0 spiro atoms. The number of hydrogen-bond acceptors (Lipinski definition) is 5. The lowest BCUT2D eigenvalue weighted by molar-refractivity contribution is 0.252. The van der Waals surface area contributed by atoms with Gasteiger partial charge in [0.1, 0.15) is 6.61 Å². The van der Waals surface area contributed by atoms with E-state index < -0.39 is 6.03 Å². The van der Waals surface area contributed by atoms with Crippen LogP contribution in [0.2, 0.25) is 0 Å². The lowest BCUT2D eigenvalue weighted by Crippen LogP contribution is -2.24. The molecule has 0 saturated carbocycles. The van der Waals surface area contributed by atoms with Crippen LogP contribution in [0.3, 0.4) is 0 Å². The molecule has 0 heterocycles. The monoisotopic (exact) mass is 554 g/mol. The van der Waals surface area contributed by atoms with E-state index in [2.05, 4.69) is 44.5 Å². The third-order valence-electron chi connectivity index (χ3n) is 4.61. The Balaban J connectivity index is 1.70. The van der Waals surface area contributed by atoms with Crippen molar-refractivity contribution in [3.05, 3.63) is 86.5 Å². The third-order valence-corrected chi connectivity index (χ3v) is 5.42. The molecule has 0 aromatic heterocycles. The van der Waals surface area contributed by atoms with Crippen LogP contribution in [0.1, 0.15) is 29.2 Å². The summed E-state index contributed by atoms with van der Waals surface area (Å²) in [6.45, 7) is 4.51. The summed E-state index contributed by atoms with van der Waals surface area (Å²) in [6.07, 6.45) is 1.54. The van der Waals surface area contributed by atoms with Gasteiger partial charge in [-0.1, -0.05) is 36.4 Å². The fourth-order valence-corrected chi connectivity index (χ4v) is 3.78. The molecule has 3 rings (SSSR count). The summed E-state index contributed by atoms with van der Waals surface area (Å²) in [4.78, 5) is 12.1. The van der Waals surface area contributed by atoms with Gasteiger partial charge in [-0.15, -0.1) is 0 Å². The molecule has 0 aliphatic heterocycles. The minimum Gasteiger partial charge on any atom is -0.490 e. The zero-order chi connectivity index (χ0) is 23.6. The van der Waals surface area contributed by atoms with Gasteiger partial charge in [0, 0.05) is 11.3 Å². The van der Waals surface area contributed by atoms with E-state index in [0.717, 1.165) is 25.9 Å². The van der Waals surface area contributed by atoms with Gasteiger partial charge in [-0.25, -0.2) is 10.2 Å². The molecule has 0 atom stereocenters. The lowest BCUT2D eigenvalue weighted by Gasteiger charge is -2.15. The molecule has 0 unspecified atom stereocenters. The number of rotatable bonds is 8. The number of nitrogens with zero attached hydrogens (tertiary/aromatic N) is 2. The average Bonchev–Trinajstić information content (AvgIpc) is 2.80. The van der Waals surface area contributed by atoms with Gasteiger partial charge >= 0.3 is 6.03 Å². The minimum absolute atomic E-state index is 0.244. The van der Waals surface area contributed by atoms with Gasteiger partial charge in [0.15, 0.2) is 11.5 Å². The first-order valence-corrected chi connectivity index (χ1v) is 11.3. The van der Waals surface area contributed by atoms with Crippen molar-refractivity contribution in [3.63, 3.8) is 0 Å². The molecule has 2 N–H and O–H groups in total. The van der Waals surface area contributed by atoms with Gasteiger partial charge in [-0.05, 0) is 71.8 Å². The van der Waals surface area contributed by atoms with E-state index in [-0.39, 0.29) is 6.61 Å². The van der Waals surface area contributed by atoms with E-state index in [4.69, 9.17) is 9.47 Å². The maximum absolute atomic E-state index is 12.1. The van der Waals surface area contributed by atoms with E-state index in [9.17, 15) is 10.1 Å². The van der Waals surface area contributed by atoms with Gasteiger partial charge in [-0.3, -0.25) is 0 Å². The third kappa shape index (κ3) is 6.70. The molecule has 0 bridgehead atoms. The first-order chi connectivity index (χ1) is 16.0. The molecule has 8 heteroatoms. The number of nitrogens with one attached hydrogen (secondary N) is 2. The second-order valence-electron chi connectivity index (χ2n) is 6.96. The number of carbonyl (C=O) groups excluding carboxylic acids is 1. The Morgan fingerprint density at radius 2 is 1.91 bits per heavy atom. The highest BCUT2D eigenvalue weighted by atomic mass is 127. The first-order valence-electron chi connectivity index (χ1n) is 10.2. The Bertz CT molecular complexity index is 1200. The van der Waals surface area contributed by atoms with Crippen molar-refractivity contribution >= 4 is 40.5 Å². The van der Waals surface area contributed by atoms with Crippen LogP contribution in [0.5, 0.6) is 11.5 Å². The fourth-order valence-electron chi connectivity index (χ4n) is 3.00. The van der Waals surface area contributed by atoms with E-state index in [0.29, 0.717) is 23.7 Å². The van der Waals surface area contributed by atoms with Gasteiger partial charge in [0.2, 0.25) is 0 Å². The number of halogens is 1. The summed E-state index contributed by atoms with van der Waals surface area (Å²) in [6, 6.07) is 20.2. The average molecular weight is 554 g/mol. The number of amides is 2. The maximum Gasteiger partial charge on any atom is 0.339 e. The predicted molar refractivity (Wildman–Crippen MR) is 137 cm³/mol. The Kier molecular flexibility index (Phi) is 8.66. The number of ether oxygens (including phenoxy) is 2. The van der Waals surface area contributed by atoms with Crippen molar-refractivity contribution < 1.29 is 14.3 Å². The Labute approximate surface area is 206 Å². The molecule has 168 valence electrons. The van der Waals surface area contributed by atoms with Crippen LogP contribution in [0.25, 0.3) is 0 Å². The molecule has 3 aromatic rings. The van der Waals surface area contributed by atoms with Gasteiger partial charge < -0.3 is 14.8 Å². The Morgan fingerprint density at radius 3 is 2.67 bits per heavy atom. The zero-order valence-electron chi connectivity index (χ0n) is 18.3. The number of hydrogen-bond donors (Lipinski definition) is 2. The molecule has 7 nitrogen and oxygen atoms in total. The SMILES string of the molecule is CCOc1cc(C=NNC(=O)Nc2ccccc2C)cc(I)c1OCc1ccccc1C#N. The van der Waals surface area contributed by atoms with Crippen molar-refractivity contribution in [1.82, 2.24) is 5.43 Å². The number of aryl methyl sites for hydroxylation is 1. The number of anilines is 1. The summed E-state index contributed by atoms with van der Waals surface area (Å²) >= 11 is 2.16. The number of nitriles is 1. The van der Waals surface area contributed by atoms with E-state index in [1.165, 1.54) is 6.21 Å². The molecule has 0 aliphatic rings. The van der Waals surface area contributed by atoms with Crippen molar-refractivity contribution in [3.8, 4) is 17.6 Å². The lowest BCUT2D eigenvalue weighted by atomic mass is 10.1. The van der Waals surface area contributed by atoms with Crippen molar-refractivity contribution in [1.29, 1.82) is 5.26 Å². The topological polar surface area (TPSA) is 95.7 Å². The summed E-state index contributed by atoms with van der Waals surface area (Å²) in [5.74, 6) is 1.15. The Morgan fingerprint density at radius 1 is 1.15 bits per heavy atom. The van der Waals surface area contributed by atoms with E-state index in [1.54, 1.807) is 12.1 Å². The van der Waals surface area contributed by atoms with Crippen LogP contribution in [0.4, 0.5) is 10.5 Å². The second-order valence-corrected chi connectivity index (χ2v) is 8.12. The van der Waals surface area contributed by atoms with Crippen LogP contribution in [-0.2, 0) is 6.61 Å². The number of carbonyl (C=O) groups is 1. The normalized spacial score (nSPS) is 10.5.